The van der Waals surface area contributed by atoms with Crippen molar-refractivity contribution in [3.63, 3.8) is 0 Å². The van der Waals surface area contributed by atoms with E-state index in [1.165, 1.54) is 0 Å². The van der Waals surface area contributed by atoms with E-state index < -0.39 is 0 Å². The lowest BCUT2D eigenvalue weighted by Gasteiger charge is -2.27. The zero-order valence-electron chi connectivity index (χ0n) is 11.1. The van der Waals surface area contributed by atoms with Crippen molar-refractivity contribution in [2.75, 3.05) is 6.61 Å². The van der Waals surface area contributed by atoms with Gasteiger partial charge in [0.1, 0.15) is 0 Å². The van der Waals surface area contributed by atoms with Crippen molar-refractivity contribution < 1.29 is 9.53 Å². The summed E-state index contributed by atoms with van der Waals surface area (Å²) in [4.78, 5) is 11.8. The maximum atomic E-state index is 11.8. The molecule has 1 atom stereocenters. The van der Waals surface area contributed by atoms with Crippen molar-refractivity contribution >= 4 is 5.97 Å². The minimum absolute atomic E-state index is 0.0261. The van der Waals surface area contributed by atoms with Gasteiger partial charge in [0, 0.05) is 0 Å². The fourth-order valence-electron chi connectivity index (χ4n) is 1.56. The number of hydrogen-bond donors (Lipinski definition) is 0. The summed E-state index contributed by atoms with van der Waals surface area (Å²) >= 11 is 0. The van der Waals surface area contributed by atoms with E-state index in [-0.39, 0.29) is 17.3 Å². The van der Waals surface area contributed by atoms with Gasteiger partial charge < -0.3 is 4.74 Å². The summed E-state index contributed by atoms with van der Waals surface area (Å²) in [6.45, 7) is 13.2. The number of carbonyl (C=O) groups excluding carboxylic acids is 1. The van der Waals surface area contributed by atoms with Gasteiger partial charge in [0.25, 0.3) is 0 Å². The normalized spacial score (nSPS) is 14.1. The van der Waals surface area contributed by atoms with Gasteiger partial charge in [-0.2, -0.15) is 0 Å². The van der Waals surface area contributed by atoms with E-state index in [1.54, 1.807) is 0 Å². The van der Waals surface area contributed by atoms with Crippen LogP contribution in [0.5, 0.6) is 0 Å². The highest BCUT2D eigenvalue weighted by atomic mass is 16.5. The first-order valence-electron chi connectivity index (χ1n) is 5.94. The number of ether oxygens (including phenoxy) is 1. The highest BCUT2D eigenvalue weighted by Gasteiger charge is 2.28. The van der Waals surface area contributed by atoms with Crippen LogP contribution in [-0.4, -0.2) is 12.6 Å². The van der Waals surface area contributed by atoms with Crippen LogP contribution in [0, 0.1) is 17.3 Å². The maximum absolute atomic E-state index is 11.8. The number of esters is 1. The van der Waals surface area contributed by atoms with Gasteiger partial charge in [0.2, 0.25) is 0 Å². The van der Waals surface area contributed by atoms with Crippen molar-refractivity contribution in [3.05, 3.63) is 0 Å². The molecule has 0 aliphatic carbocycles. The maximum Gasteiger partial charge on any atom is 0.309 e. The molecule has 0 bridgehead atoms. The molecule has 0 aromatic carbocycles. The average Bonchev–Trinajstić information content (AvgIpc) is 2.08. The Bertz CT molecular complexity index is 189. The number of hydrogen-bond acceptors (Lipinski definition) is 2. The zero-order chi connectivity index (χ0) is 12.1. The summed E-state index contributed by atoms with van der Waals surface area (Å²) in [5.74, 6) is 0.368. The Balaban J connectivity index is 4.33. The Labute approximate surface area is 94.4 Å². The molecule has 0 spiro atoms. The molecule has 0 rings (SSSR count). The molecule has 0 aromatic heterocycles. The standard InChI is InChI=1S/C13H26O2/c1-7-8-15-12(14)11(10(2)3)9-13(4,5)6/h10-11H,7-9H2,1-6H3. The fourth-order valence-corrected chi connectivity index (χ4v) is 1.56. The summed E-state index contributed by atoms with van der Waals surface area (Å²) < 4.78 is 5.22. The van der Waals surface area contributed by atoms with Crippen molar-refractivity contribution in [2.45, 2.75) is 54.4 Å². The van der Waals surface area contributed by atoms with Crippen LogP contribution in [-0.2, 0) is 9.53 Å². The lowest BCUT2D eigenvalue weighted by Crippen LogP contribution is -2.27. The van der Waals surface area contributed by atoms with Crippen LogP contribution in [0.25, 0.3) is 0 Å². The molecule has 2 heteroatoms. The molecule has 0 aliphatic heterocycles. The average molecular weight is 214 g/mol. The van der Waals surface area contributed by atoms with Crippen LogP contribution < -0.4 is 0 Å². The molecule has 0 saturated heterocycles. The minimum Gasteiger partial charge on any atom is -0.465 e. The topological polar surface area (TPSA) is 26.3 Å². The van der Waals surface area contributed by atoms with Crippen molar-refractivity contribution in [2.24, 2.45) is 17.3 Å². The van der Waals surface area contributed by atoms with Gasteiger partial charge in [-0.05, 0) is 24.2 Å². The molecule has 15 heavy (non-hydrogen) atoms. The molecule has 90 valence electrons. The second-order valence-corrected chi connectivity index (χ2v) is 5.78. The lowest BCUT2D eigenvalue weighted by atomic mass is 9.80. The van der Waals surface area contributed by atoms with E-state index in [2.05, 4.69) is 34.6 Å². The summed E-state index contributed by atoms with van der Waals surface area (Å²) in [6, 6.07) is 0. The van der Waals surface area contributed by atoms with Gasteiger partial charge >= 0.3 is 5.97 Å². The molecule has 0 fully saturated rings. The highest BCUT2D eigenvalue weighted by Crippen LogP contribution is 2.29. The molecule has 0 radical (unpaired) electrons. The molecule has 0 N–H and O–H groups in total. The van der Waals surface area contributed by atoms with E-state index in [1.807, 2.05) is 6.92 Å². The number of rotatable bonds is 5. The first-order valence-corrected chi connectivity index (χ1v) is 5.94. The van der Waals surface area contributed by atoms with Crippen LogP contribution in [0.15, 0.2) is 0 Å². The number of carbonyl (C=O) groups is 1. The smallest absolute Gasteiger partial charge is 0.309 e. The third-order valence-electron chi connectivity index (χ3n) is 2.39. The summed E-state index contributed by atoms with van der Waals surface area (Å²) in [5.41, 5.74) is 0.181. The first-order chi connectivity index (χ1) is 6.78. The second kappa shape index (κ2) is 6.14. The molecular weight excluding hydrogens is 188 g/mol. The Morgan fingerprint density at radius 2 is 1.80 bits per heavy atom. The van der Waals surface area contributed by atoms with Crippen molar-refractivity contribution in [1.29, 1.82) is 0 Å². The van der Waals surface area contributed by atoms with Crippen LogP contribution >= 0.6 is 0 Å². The summed E-state index contributed by atoms with van der Waals surface area (Å²) in [7, 11) is 0. The third kappa shape index (κ3) is 6.53. The van der Waals surface area contributed by atoms with Gasteiger partial charge in [-0.15, -0.1) is 0 Å². The van der Waals surface area contributed by atoms with E-state index in [0.717, 1.165) is 12.8 Å². The van der Waals surface area contributed by atoms with Crippen LogP contribution in [0.2, 0.25) is 0 Å². The van der Waals surface area contributed by atoms with Gasteiger partial charge in [-0.1, -0.05) is 41.5 Å². The van der Waals surface area contributed by atoms with E-state index >= 15 is 0 Å². The summed E-state index contributed by atoms with van der Waals surface area (Å²) in [5, 5.41) is 0. The molecule has 0 amide bonds. The first kappa shape index (κ1) is 14.5. The van der Waals surface area contributed by atoms with E-state index in [9.17, 15) is 4.79 Å². The SMILES string of the molecule is CCCOC(=O)C(CC(C)(C)C)C(C)C. The van der Waals surface area contributed by atoms with Gasteiger partial charge in [-0.25, -0.2) is 0 Å². The molecular formula is C13H26O2. The van der Waals surface area contributed by atoms with Crippen molar-refractivity contribution in [1.82, 2.24) is 0 Å². The zero-order valence-corrected chi connectivity index (χ0v) is 11.1. The Morgan fingerprint density at radius 3 is 2.13 bits per heavy atom. The Kier molecular flexibility index (Phi) is 5.92. The van der Waals surface area contributed by atoms with Gasteiger partial charge in [-0.3, -0.25) is 4.79 Å². The lowest BCUT2D eigenvalue weighted by molar-refractivity contribution is -0.151. The van der Waals surface area contributed by atoms with E-state index in [4.69, 9.17) is 4.74 Å². The molecule has 0 aromatic rings. The fraction of sp³-hybridized carbons (Fsp3) is 0.923. The quantitative estimate of drug-likeness (QED) is 0.653. The van der Waals surface area contributed by atoms with Gasteiger partial charge in [0.05, 0.1) is 12.5 Å². The highest BCUT2D eigenvalue weighted by molar-refractivity contribution is 5.72. The Hall–Kier alpha value is -0.530. The second-order valence-electron chi connectivity index (χ2n) is 5.78. The van der Waals surface area contributed by atoms with Gasteiger partial charge in [0.15, 0.2) is 0 Å². The third-order valence-corrected chi connectivity index (χ3v) is 2.39. The Morgan fingerprint density at radius 1 is 1.27 bits per heavy atom. The van der Waals surface area contributed by atoms with Crippen LogP contribution in [0.3, 0.4) is 0 Å². The minimum atomic E-state index is -0.0261. The van der Waals surface area contributed by atoms with Crippen molar-refractivity contribution in [3.8, 4) is 0 Å². The molecule has 0 saturated carbocycles. The van der Waals surface area contributed by atoms with E-state index in [0.29, 0.717) is 12.5 Å². The molecule has 2 nitrogen and oxygen atoms in total. The molecule has 1 unspecified atom stereocenters. The molecule has 0 aliphatic rings. The predicted molar refractivity (Wildman–Crippen MR) is 63.7 cm³/mol. The van der Waals surface area contributed by atoms with Crippen LogP contribution in [0.4, 0.5) is 0 Å². The predicted octanol–water partition coefficient (Wildman–Crippen LogP) is 3.65. The summed E-state index contributed by atoms with van der Waals surface area (Å²) in [6.07, 6.45) is 1.79. The van der Waals surface area contributed by atoms with Crippen LogP contribution in [0.1, 0.15) is 54.4 Å². The monoisotopic (exact) mass is 214 g/mol. The molecule has 0 heterocycles. The largest absolute Gasteiger partial charge is 0.465 e.